The van der Waals surface area contributed by atoms with Crippen molar-refractivity contribution in [2.75, 3.05) is 5.73 Å². The normalized spacial score (nSPS) is 16.0. The van der Waals surface area contributed by atoms with Crippen molar-refractivity contribution in [3.05, 3.63) is 28.7 Å². The summed E-state index contributed by atoms with van der Waals surface area (Å²) in [5.41, 5.74) is 5.77. The number of rotatable bonds is 3. The van der Waals surface area contributed by atoms with Crippen LogP contribution in [-0.2, 0) is 6.54 Å². The molecule has 0 spiro atoms. The number of nitrogens with zero attached hydrogens (tertiary/aromatic N) is 1. The van der Waals surface area contributed by atoms with Crippen LogP contribution in [0, 0.1) is 5.92 Å². The lowest BCUT2D eigenvalue weighted by molar-refractivity contribution is 0.594. The van der Waals surface area contributed by atoms with Crippen LogP contribution in [-0.4, -0.2) is 4.57 Å². The van der Waals surface area contributed by atoms with Crippen LogP contribution in [0.5, 0.6) is 0 Å². The van der Waals surface area contributed by atoms with Gasteiger partial charge in [0.2, 0.25) is 5.43 Å². The summed E-state index contributed by atoms with van der Waals surface area (Å²) < 4.78 is 2.00. The van der Waals surface area contributed by atoms with E-state index in [1.807, 2.05) is 4.57 Å². The summed E-state index contributed by atoms with van der Waals surface area (Å²) in [5, 5.41) is 0. The van der Waals surface area contributed by atoms with E-state index < -0.39 is 0 Å². The molecule has 2 rings (SSSR count). The molecule has 0 unspecified atom stereocenters. The van der Waals surface area contributed by atoms with Crippen molar-refractivity contribution in [2.45, 2.75) is 25.8 Å². The van der Waals surface area contributed by atoms with E-state index in [1.165, 1.54) is 25.3 Å². The lowest BCUT2D eigenvalue weighted by atomic mass is 10.3. The van der Waals surface area contributed by atoms with Crippen LogP contribution in [0.2, 0.25) is 0 Å². The van der Waals surface area contributed by atoms with Gasteiger partial charge in [-0.2, -0.15) is 0 Å². The second kappa shape index (κ2) is 3.24. The Morgan fingerprint density at radius 1 is 1.54 bits per heavy atom. The van der Waals surface area contributed by atoms with E-state index in [4.69, 9.17) is 5.73 Å². The molecule has 1 aromatic rings. The summed E-state index contributed by atoms with van der Waals surface area (Å²) in [4.78, 5) is 11.0. The summed E-state index contributed by atoms with van der Waals surface area (Å²) in [6.07, 6.45) is 7.49. The maximum atomic E-state index is 11.0. The van der Waals surface area contributed by atoms with E-state index in [-0.39, 0.29) is 5.43 Å². The zero-order valence-electron chi connectivity index (χ0n) is 7.57. The van der Waals surface area contributed by atoms with Crippen LogP contribution in [0.4, 0.5) is 5.69 Å². The molecule has 3 nitrogen and oxygen atoms in total. The van der Waals surface area contributed by atoms with E-state index in [1.54, 1.807) is 12.4 Å². The Morgan fingerprint density at radius 2 is 2.31 bits per heavy atom. The lowest BCUT2D eigenvalue weighted by Crippen LogP contribution is -2.11. The van der Waals surface area contributed by atoms with Crippen LogP contribution in [0.1, 0.15) is 19.3 Å². The van der Waals surface area contributed by atoms with Gasteiger partial charge in [0.25, 0.3) is 0 Å². The molecular formula is C10H14N2O. The fourth-order valence-electron chi connectivity index (χ4n) is 1.42. The Labute approximate surface area is 77.2 Å². The van der Waals surface area contributed by atoms with Gasteiger partial charge in [0, 0.05) is 25.0 Å². The average Bonchev–Trinajstić information content (AvgIpc) is 2.91. The van der Waals surface area contributed by atoms with Crippen LogP contribution >= 0.6 is 0 Å². The number of aromatic nitrogens is 1. The molecule has 1 heterocycles. The monoisotopic (exact) mass is 178 g/mol. The standard InChI is InChI=1S/C10H14N2O/c11-9-7-12(6-4-10(9)13)5-3-8-1-2-8/h4,6-8H,1-3,5,11H2. The van der Waals surface area contributed by atoms with Gasteiger partial charge in [0.05, 0.1) is 5.69 Å². The van der Waals surface area contributed by atoms with E-state index in [2.05, 4.69) is 0 Å². The third kappa shape index (κ3) is 2.11. The molecular weight excluding hydrogens is 164 g/mol. The number of hydrogen-bond acceptors (Lipinski definition) is 2. The molecule has 1 fully saturated rings. The highest BCUT2D eigenvalue weighted by molar-refractivity contribution is 5.33. The Hall–Kier alpha value is -1.25. The lowest BCUT2D eigenvalue weighted by Gasteiger charge is -2.05. The van der Waals surface area contributed by atoms with Gasteiger partial charge in [-0.1, -0.05) is 12.8 Å². The number of hydrogen-bond donors (Lipinski definition) is 1. The van der Waals surface area contributed by atoms with E-state index in [9.17, 15) is 4.79 Å². The molecule has 0 amide bonds. The predicted octanol–water partition coefficient (Wildman–Crippen LogP) is 1.23. The predicted molar refractivity (Wildman–Crippen MR) is 52.5 cm³/mol. The molecule has 0 atom stereocenters. The van der Waals surface area contributed by atoms with E-state index in [0.29, 0.717) is 5.69 Å². The van der Waals surface area contributed by atoms with Crippen LogP contribution in [0.3, 0.4) is 0 Å². The topological polar surface area (TPSA) is 48.0 Å². The van der Waals surface area contributed by atoms with Crippen molar-refractivity contribution in [1.29, 1.82) is 0 Å². The highest BCUT2D eigenvalue weighted by atomic mass is 16.1. The summed E-state index contributed by atoms with van der Waals surface area (Å²) in [5.74, 6) is 0.917. The number of nitrogen functional groups attached to an aromatic ring is 1. The average molecular weight is 178 g/mol. The Kier molecular flexibility index (Phi) is 2.08. The second-order valence-corrected chi connectivity index (χ2v) is 3.73. The van der Waals surface area contributed by atoms with Gasteiger partial charge in [-0.25, -0.2) is 0 Å². The van der Waals surface area contributed by atoms with Crippen molar-refractivity contribution in [1.82, 2.24) is 4.57 Å². The van der Waals surface area contributed by atoms with Crippen LogP contribution in [0.25, 0.3) is 0 Å². The molecule has 0 aromatic carbocycles. The Morgan fingerprint density at radius 3 is 2.92 bits per heavy atom. The SMILES string of the molecule is Nc1cn(CCC2CC2)ccc1=O. The molecule has 1 aliphatic carbocycles. The van der Waals surface area contributed by atoms with Gasteiger partial charge < -0.3 is 10.3 Å². The van der Waals surface area contributed by atoms with E-state index in [0.717, 1.165) is 12.5 Å². The molecule has 0 bridgehead atoms. The fourth-order valence-corrected chi connectivity index (χ4v) is 1.42. The molecule has 2 N–H and O–H groups in total. The highest BCUT2D eigenvalue weighted by Crippen LogP contribution is 2.32. The van der Waals surface area contributed by atoms with Gasteiger partial charge in [-0.15, -0.1) is 0 Å². The highest BCUT2D eigenvalue weighted by Gasteiger charge is 2.20. The van der Waals surface area contributed by atoms with Crippen molar-refractivity contribution in [3.63, 3.8) is 0 Å². The Bertz CT molecular complexity index is 352. The summed E-state index contributed by atoms with van der Waals surface area (Å²) in [6.45, 7) is 0.981. The van der Waals surface area contributed by atoms with Crippen LogP contribution in [0.15, 0.2) is 23.3 Å². The molecule has 1 saturated carbocycles. The third-order valence-electron chi connectivity index (χ3n) is 2.50. The molecule has 70 valence electrons. The molecule has 0 aliphatic heterocycles. The minimum absolute atomic E-state index is 0.0809. The molecule has 3 heteroatoms. The zero-order valence-corrected chi connectivity index (χ0v) is 7.57. The Balaban J connectivity index is 2.02. The summed E-state index contributed by atoms with van der Waals surface area (Å²) >= 11 is 0. The first-order valence-corrected chi connectivity index (χ1v) is 4.71. The van der Waals surface area contributed by atoms with Gasteiger partial charge in [-0.3, -0.25) is 4.79 Å². The van der Waals surface area contributed by atoms with Gasteiger partial charge in [-0.05, 0) is 12.3 Å². The number of pyridine rings is 1. The summed E-state index contributed by atoms with van der Waals surface area (Å²) in [7, 11) is 0. The third-order valence-corrected chi connectivity index (χ3v) is 2.50. The van der Waals surface area contributed by atoms with Gasteiger partial charge >= 0.3 is 0 Å². The largest absolute Gasteiger partial charge is 0.394 e. The molecule has 1 aliphatic rings. The maximum Gasteiger partial charge on any atom is 0.204 e. The van der Waals surface area contributed by atoms with Gasteiger partial charge in [0.1, 0.15) is 0 Å². The molecule has 0 saturated heterocycles. The molecule has 0 radical (unpaired) electrons. The first-order valence-electron chi connectivity index (χ1n) is 4.71. The van der Waals surface area contributed by atoms with Crippen molar-refractivity contribution >= 4 is 5.69 Å². The molecule has 1 aromatic heterocycles. The zero-order chi connectivity index (χ0) is 9.26. The maximum absolute atomic E-state index is 11.0. The number of anilines is 1. The van der Waals surface area contributed by atoms with Crippen LogP contribution < -0.4 is 11.2 Å². The fraction of sp³-hybridized carbons (Fsp3) is 0.500. The number of aryl methyl sites for hydroxylation is 1. The van der Waals surface area contributed by atoms with E-state index >= 15 is 0 Å². The summed E-state index contributed by atoms with van der Waals surface area (Å²) in [6, 6.07) is 1.53. The number of nitrogens with two attached hydrogens (primary N) is 1. The first-order chi connectivity index (χ1) is 6.25. The smallest absolute Gasteiger partial charge is 0.204 e. The second-order valence-electron chi connectivity index (χ2n) is 3.73. The van der Waals surface area contributed by atoms with Gasteiger partial charge in [0.15, 0.2) is 0 Å². The minimum atomic E-state index is -0.0809. The van der Waals surface area contributed by atoms with Crippen molar-refractivity contribution in [2.24, 2.45) is 5.92 Å². The quantitative estimate of drug-likeness (QED) is 0.756. The van der Waals surface area contributed by atoms with Crippen molar-refractivity contribution in [3.8, 4) is 0 Å². The minimum Gasteiger partial charge on any atom is -0.394 e. The first kappa shape index (κ1) is 8.35. The van der Waals surface area contributed by atoms with Crippen molar-refractivity contribution < 1.29 is 0 Å². The molecule has 13 heavy (non-hydrogen) atoms.